The van der Waals surface area contributed by atoms with Gasteiger partial charge in [-0.1, -0.05) is 0 Å². The van der Waals surface area contributed by atoms with Gasteiger partial charge in [0.2, 0.25) is 11.6 Å². The van der Waals surface area contributed by atoms with Crippen LogP contribution in [-0.2, 0) is 11.3 Å². The van der Waals surface area contributed by atoms with Gasteiger partial charge in [0.15, 0.2) is 0 Å². The first-order chi connectivity index (χ1) is 14.0. The molecule has 2 aromatic heterocycles. The molecule has 1 fully saturated rings. The Morgan fingerprint density at radius 3 is 2.76 bits per heavy atom. The van der Waals surface area contributed by atoms with Crippen molar-refractivity contribution < 1.29 is 15.2 Å². The maximum Gasteiger partial charge on any atom is 0.315 e. The predicted molar refractivity (Wildman–Crippen MR) is 110 cm³/mol. The number of nitrogens with one attached hydrogen (secondary N) is 1. The summed E-state index contributed by atoms with van der Waals surface area (Å²) in [6.07, 6.45) is 7.63. The summed E-state index contributed by atoms with van der Waals surface area (Å²) in [6.45, 7) is 1.64. The summed E-state index contributed by atoms with van der Waals surface area (Å²) in [5, 5.41) is 19.3. The summed E-state index contributed by atoms with van der Waals surface area (Å²) in [4.78, 5) is 27.9. The molecule has 0 saturated carbocycles. The van der Waals surface area contributed by atoms with Crippen molar-refractivity contribution >= 4 is 23.4 Å². The molecule has 2 aliphatic heterocycles. The average Bonchev–Trinajstić information content (AvgIpc) is 3.23. The number of hydrogen-bond acceptors (Lipinski definition) is 5. The van der Waals surface area contributed by atoms with Gasteiger partial charge in [-0.25, -0.2) is 5.21 Å². The number of amides is 1. The third-order valence-electron chi connectivity index (χ3n) is 6.01. The number of likely N-dealkylation sites (tertiary alicyclic amines) is 1. The quantitative estimate of drug-likeness (QED) is 0.683. The molecule has 4 unspecified atom stereocenters. The number of carbonyl (C=O) groups excluding carboxylic acids is 1. The van der Waals surface area contributed by atoms with Gasteiger partial charge in [-0.2, -0.15) is 17.0 Å². The van der Waals surface area contributed by atoms with Gasteiger partial charge >= 0.3 is 5.56 Å². The fourth-order valence-corrected chi connectivity index (χ4v) is 5.14. The van der Waals surface area contributed by atoms with E-state index in [1.807, 2.05) is 40.2 Å². The van der Waals surface area contributed by atoms with Gasteiger partial charge in [-0.05, 0) is 49.0 Å². The molecule has 156 valence electrons. The highest BCUT2D eigenvalue weighted by atomic mass is 32.2. The summed E-state index contributed by atoms with van der Waals surface area (Å²) in [7, 11) is 0. The highest BCUT2D eigenvalue weighted by molar-refractivity contribution is 7.98. The van der Waals surface area contributed by atoms with Crippen LogP contribution < -0.4 is 10.8 Å². The fourth-order valence-electron chi connectivity index (χ4n) is 4.68. The topological polar surface area (TPSA) is 95.0 Å². The number of aromatic nitrogens is 2. The normalized spacial score (nSPS) is 22.8. The zero-order valence-electron chi connectivity index (χ0n) is 16.4. The Morgan fingerprint density at radius 1 is 1.31 bits per heavy atom. The second kappa shape index (κ2) is 8.35. The van der Waals surface area contributed by atoms with Crippen LogP contribution >= 0.6 is 11.8 Å². The van der Waals surface area contributed by atoms with Crippen molar-refractivity contribution in [2.24, 2.45) is 5.92 Å². The van der Waals surface area contributed by atoms with E-state index < -0.39 is 10.8 Å². The molecule has 4 heterocycles. The molecule has 4 rings (SSSR count). The van der Waals surface area contributed by atoms with Crippen LogP contribution in [0.5, 0.6) is 0 Å². The average molecular weight is 419 g/mol. The van der Waals surface area contributed by atoms with E-state index in [0.29, 0.717) is 19.6 Å². The summed E-state index contributed by atoms with van der Waals surface area (Å²) in [5.41, 5.74) is 0.219. The summed E-state index contributed by atoms with van der Waals surface area (Å²) < 4.78 is 3.60. The lowest BCUT2D eigenvalue weighted by atomic mass is 9.82. The van der Waals surface area contributed by atoms with Crippen molar-refractivity contribution in [3.8, 4) is 0 Å². The first-order valence-corrected chi connectivity index (χ1v) is 11.3. The monoisotopic (exact) mass is 418 g/mol. The van der Waals surface area contributed by atoms with Crippen LogP contribution in [0.15, 0.2) is 41.5 Å². The lowest BCUT2D eigenvalue weighted by Crippen LogP contribution is -3.00. The summed E-state index contributed by atoms with van der Waals surface area (Å²) >= 11 is 1.73. The van der Waals surface area contributed by atoms with Crippen molar-refractivity contribution in [2.45, 2.75) is 31.3 Å². The second-order valence-corrected chi connectivity index (χ2v) is 8.85. The molecule has 2 N–H and O–H groups in total. The minimum Gasteiger partial charge on any atom is -0.595 e. The third kappa shape index (κ3) is 3.87. The Labute approximate surface area is 173 Å². The first kappa shape index (κ1) is 20.2. The van der Waals surface area contributed by atoms with Crippen molar-refractivity contribution in [1.82, 2.24) is 14.0 Å². The first-order valence-electron chi connectivity index (χ1n) is 9.86. The van der Waals surface area contributed by atoms with Crippen molar-refractivity contribution in [1.29, 1.82) is 0 Å². The molecule has 29 heavy (non-hydrogen) atoms. The van der Waals surface area contributed by atoms with Gasteiger partial charge in [0, 0.05) is 49.7 Å². The minimum absolute atomic E-state index is 0.0628. The van der Waals surface area contributed by atoms with E-state index in [-0.39, 0.29) is 29.5 Å². The van der Waals surface area contributed by atoms with Crippen LogP contribution in [0.1, 0.15) is 30.5 Å². The fraction of sp³-hybridized carbons (Fsp3) is 0.500. The van der Waals surface area contributed by atoms with Gasteiger partial charge in [-0.3, -0.25) is 9.59 Å². The van der Waals surface area contributed by atoms with E-state index in [0.717, 1.165) is 24.3 Å². The highest BCUT2D eigenvalue weighted by Crippen LogP contribution is 2.36. The lowest BCUT2D eigenvalue weighted by molar-refractivity contribution is -0.992. The van der Waals surface area contributed by atoms with Gasteiger partial charge in [0.1, 0.15) is 6.04 Å². The number of rotatable bonds is 6. The molecule has 1 saturated heterocycles. The molecule has 9 heteroatoms. The number of pyridine rings is 1. The molecule has 0 spiro atoms. The molecule has 1 amide bonds. The van der Waals surface area contributed by atoms with Crippen molar-refractivity contribution in [2.75, 3.05) is 25.1 Å². The number of quaternary nitrogens is 1. The van der Waals surface area contributed by atoms with E-state index in [1.165, 1.54) is 6.07 Å². The molecule has 2 bridgehead atoms. The maximum atomic E-state index is 13.4. The van der Waals surface area contributed by atoms with E-state index in [9.17, 15) is 20.0 Å². The number of fused-ring (bicyclic) bond motifs is 4. The zero-order chi connectivity index (χ0) is 20.5. The van der Waals surface area contributed by atoms with E-state index in [4.69, 9.17) is 0 Å². The smallest absolute Gasteiger partial charge is 0.315 e. The van der Waals surface area contributed by atoms with Crippen molar-refractivity contribution in [3.05, 3.63) is 57.9 Å². The molecule has 0 aliphatic carbocycles. The SMILES string of the molecule is CSCCC(C(=O)N1CC2CC(C1)c1ccc([NH+]([O-])O)c(=O)n1C2)n1cccc1. The zero-order valence-corrected chi connectivity index (χ0v) is 17.2. The van der Waals surface area contributed by atoms with E-state index in [2.05, 4.69) is 0 Å². The Bertz CT molecular complexity index is 927. The molecule has 0 aromatic carbocycles. The Kier molecular flexibility index (Phi) is 5.82. The standard InChI is InChI=1S/C20H26N4O4S/c1-29-9-6-17(21-7-2-3-8-21)19(25)22-11-14-10-15(13-22)16-4-5-18(24(27)28)20(26)23(16)12-14/h2-5,7-8,14-15,17,24,27H,6,9-13H2,1H3. The largest absolute Gasteiger partial charge is 0.595 e. The summed E-state index contributed by atoms with van der Waals surface area (Å²) in [5.74, 6) is 1.26. The van der Waals surface area contributed by atoms with Crippen LogP contribution in [0.25, 0.3) is 0 Å². The highest BCUT2D eigenvalue weighted by Gasteiger charge is 2.38. The Balaban J connectivity index is 1.58. The number of hydrogen-bond donors (Lipinski definition) is 2. The Hall–Kier alpha value is -2.07. The molecular weight excluding hydrogens is 392 g/mol. The maximum absolute atomic E-state index is 13.4. The van der Waals surface area contributed by atoms with Crippen molar-refractivity contribution in [3.63, 3.8) is 0 Å². The molecule has 8 nitrogen and oxygen atoms in total. The molecular formula is C20H26N4O4S. The van der Waals surface area contributed by atoms with Crippen LogP contribution in [0.2, 0.25) is 0 Å². The summed E-state index contributed by atoms with van der Waals surface area (Å²) in [6, 6.07) is 6.81. The molecule has 0 radical (unpaired) electrons. The number of carbonyl (C=O) groups is 1. The van der Waals surface area contributed by atoms with Gasteiger partial charge < -0.3 is 19.2 Å². The predicted octanol–water partition coefficient (Wildman–Crippen LogP) is 0.993. The van der Waals surface area contributed by atoms with Crippen LogP contribution in [0.3, 0.4) is 0 Å². The van der Waals surface area contributed by atoms with E-state index in [1.54, 1.807) is 22.4 Å². The van der Waals surface area contributed by atoms with E-state index >= 15 is 0 Å². The molecule has 4 atom stereocenters. The lowest BCUT2D eigenvalue weighted by Gasteiger charge is -2.43. The van der Waals surface area contributed by atoms with Gasteiger partial charge in [0.05, 0.1) is 0 Å². The van der Waals surface area contributed by atoms with Gasteiger partial charge in [0.25, 0.3) is 0 Å². The second-order valence-electron chi connectivity index (χ2n) is 7.86. The molecule has 2 aromatic rings. The van der Waals surface area contributed by atoms with Crippen LogP contribution in [0, 0.1) is 11.1 Å². The molecule has 2 aliphatic rings. The number of nitrogens with zero attached hydrogens (tertiary/aromatic N) is 3. The van der Waals surface area contributed by atoms with Crippen LogP contribution in [0.4, 0.5) is 5.69 Å². The number of piperidine rings is 1. The van der Waals surface area contributed by atoms with Gasteiger partial charge in [-0.15, -0.1) is 0 Å². The number of thioether (sulfide) groups is 1. The third-order valence-corrected chi connectivity index (χ3v) is 6.66. The van der Waals surface area contributed by atoms with Crippen LogP contribution in [-0.4, -0.2) is 50.2 Å². The Morgan fingerprint density at radius 2 is 2.07 bits per heavy atom. The minimum atomic E-state index is -1.19.